The number of halogens is 25. The number of hydrogen-bond acceptors (Lipinski definition) is 2. The van der Waals surface area contributed by atoms with Gasteiger partial charge >= 0.3 is 71.3 Å². The molecule has 0 heterocycles. The Morgan fingerprint density at radius 3 is 0.659 bits per heavy atom. The lowest BCUT2D eigenvalue weighted by molar-refractivity contribution is -0.483. The fourth-order valence-corrected chi connectivity index (χ4v) is 2.29. The van der Waals surface area contributed by atoms with E-state index < -0.39 is 84.0 Å². The molecule has 0 aromatic heterocycles. The smallest absolute Gasteiger partial charge is 0.393 e. The molecule has 27 heteroatoms. The van der Waals surface area contributed by atoms with Crippen molar-refractivity contribution in [2.24, 2.45) is 0 Å². The van der Waals surface area contributed by atoms with Crippen LogP contribution in [-0.2, 0) is 0 Å². The summed E-state index contributed by atoms with van der Waals surface area (Å²) in [6.07, 6.45) is -12.9. The summed E-state index contributed by atoms with van der Waals surface area (Å²) in [7, 11) is 0. The van der Waals surface area contributed by atoms with Gasteiger partial charge in [0, 0.05) is 0 Å². The first-order valence-electron chi connectivity index (χ1n) is 8.75. The molecule has 0 spiro atoms. The van der Waals surface area contributed by atoms with Crippen molar-refractivity contribution in [3.8, 4) is 0 Å². The van der Waals surface area contributed by atoms with E-state index in [2.05, 4.69) is 0 Å². The first-order chi connectivity index (χ1) is 17.2. The molecule has 248 valence electrons. The summed E-state index contributed by atoms with van der Waals surface area (Å²) >= 11 is 0. The Bertz CT molecular complexity index is 944. The third-order valence-corrected chi connectivity index (χ3v) is 4.92. The Hall–Kier alpha value is -1.83. The van der Waals surface area contributed by atoms with Gasteiger partial charge in [0.15, 0.2) is 0 Å². The number of alkyl halides is 25. The lowest BCUT2D eigenvalue weighted by Crippen LogP contribution is -2.78. The van der Waals surface area contributed by atoms with Crippen LogP contribution in [0.2, 0.25) is 0 Å². The normalized spacial score (nSPS) is 17.6. The number of aliphatic hydroxyl groups excluding tert-OH is 2. The molecule has 0 rings (SSSR count). The monoisotopic (exact) mass is 680 g/mol. The Morgan fingerprint density at radius 2 is 0.488 bits per heavy atom. The summed E-state index contributed by atoms with van der Waals surface area (Å²) in [5, 5.41) is 16.4. The molecule has 0 fully saturated rings. The zero-order valence-corrected chi connectivity index (χ0v) is 17.6. The maximum absolute atomic E-state index is 13.6. The average Bonchev–Trinajstić information content (AvgIpc) is 2.75. The SMILES string of the molecule is OCC(O)C(F)(F)C(F)(F)C(F)(F)C(F)(F)C(F)(F)C(F)(F)C(F)(F)C(F)(F)C(F)(F)C(F)(F)C(F)(F)C(F)(F)F. The second kappa shape index (κ2) is 9.59. The van der Waals surface area contributed by atoms with Gasteiger partial charge in [-0.1, -0.05) is 0 Å². The van der Waals surface area contributed by atoms with Gasteiger partial charge in [-0.3, -0.25) is 0 Å². The van der Waals surface area contributed by atoms with Crippen LogP contribution in [0.4, 0.5) is 110 Å². The maximum atomic E-state index is 13.6. The average molecular weight is 680 g/mol. The van der Waals surface area contributed by atoms with Gasteiger partial charge in [-0.15, -0.1) is 0 Å². The van der Waals surface area contributed by atoms with Gasteiger partial charge in [-0.25, -0.2) is 0 Å². The predicted molar refractivity (Wildman–Crippen MR) is 73.6 cm³/mol. The molecule has 41 heavy (non-hydrogen) atoms. The van der Waals surface area contributed by atoms with Crippen LogP contribution in [0.15, 0.2) is 0 Å². The van der Waals surface area contributed by atoms with Crippen molar-refractivity contribution in [3.05, 3.63) is 0 Å². The van der Waals surface area contributed by atoms with Gasteiger partial charge in [0.1, 0.15) is 6.10 Å². The zero-order chi connectivity index (χ0) is 34.3. The molecule has 1 unspecified atom stereocenters. The second-order valence-electron chi connectivity index (χ2n) is 7.56. The summed E-state index contributed by atoms with van der Waals surface area (Å²) < 4.78 is 329. The van der Waals surface area contributed by atoms with E-state index in [9.17, 15) is 110 Å². The van der Waals surface area contributed by atoms with Gasteiger partial charge in [0.25, 0.3) is 0 Å². The highest BCUT2D eigenvalue weighted by Gasteiger charge is 2.99. The molecule has 0 aromatic carbocycles. The highest BCUT2D eigenvalue weighted by molar-refractivity contribution is 5.20. The highest BCUT2D eigenvalue weighted by atomic mass is 19.4. The van der Waals surface area contributed by atoms with Gasteiger partial charge in [0.05, 0.1) is 6.61 Å². The first-order valence-corrected chi connectivity index (χ1v) is 8.75. The van der Waals surface area contributed by atoms with Crippen molar-refractivity contribution >= 4 is 0 Å². The van der Waals surface area contributed by atoms with Gasteiger partial charge in [-0.05, 0) is 0 Å². The molecule has 1 atom stereocenters. The molecule has 0 aliphatic heterocycles. The summed E-state index contributed by atoms with van der Waals surface area (Å²) in [6.45, 7) is -2.88. The van der Waals surface area contributed by atoms with Crippen LogP contribution in [0.3, 0.4) is 0 Å². The molecule has 2 nitrogen and oxygen atoms in total. The molecule has 0 radical (unpaired) electrons. The minimum atomic E-state index is -9.65. The zero-order valence-electron chi connectivity index (χ0n) is 17.6. The lowest BCUT2D eigenvalue weighted by Gasteiger charge is -2.45. The largest absolute Gasteiger partial charge is 0.460 e. The lowest BCUT2D eigenvalue weighted by atomic mass is 9.84. The van der Waals surface area contributed by atoms with Crippen molar-refractivity contribution in [1.29, 1.82) is 0 Å². The molecule has 2 N–H and O–H groups in total. The summed E-state index contributed by atoms with van der Waals surface area (Å²) in [5.74, 6) is -99.8. The number of hydrogen-bond donors (Lipinski definition) is 2. The predicted octanol–water partition coefficient (Wildman–Crippen LogP) is 6.89. The van der Waals surface area contributed by atoms with Crippen LogP contribution in [0.25, 0.3) is 0 Å². The van der Waals surface area contributed by atoms with Crippen LogP contribution in [0, 0.1) is 0 Å². The summed E-state index contributed by atoms with van der Waals surface area (Å²) in [5.41, 5.74) is 0. The van der Waals surface area contributed by atoms with E-state index in [1.165, 1.54) is 0 Å². The van der Waals surface area contributed by atoms with Crippen molar-refractivity contribution < 1.29 is 120 Å². The van der Waals surface area contributed by atoms with Crippen molar-refractivity contribution in [1.82, 2.24) is 0 Å². The Morgan fingerprint density at radius 1 is 0.317 bits per heavy atom. The summed E-state index contributed by atoms with van der Waals surface area (Å²) in [4.78, 5) is 0. The Balaban J connectivity index is 7.36. The highest BCUT2D eigenvalue weighted by Crippen LogP contribution is 2.67. The van der Waals surface area contributed by atoms with Crippen LogP contribution in [0.1, 0.15) is 0 Å². The third-order valence-electron chi connectivity index (χ3n) is 4.92. The van der Waals surface area contributed by atoms with Crippen LogP contribution < -0.4 is 0 Å². The van der Waals surface area contributed by atoms with E-state index in [0.29, 0.717) is 0 Å². The van der Waals surface area contributed by atoms with E-state index >= 15 is 0 Å². The van der Waals surface area contributed by atoms with E-state index in [1.54, 1.807) is 0 Å². The van der Waals surface area contributed by atoms with Crippen LogP contribution in [-0.4, -0.2) is 94.2 Å². The van der Waals surface area contributed by atoms with E-state index in [4.69, 9.17) is 10.2 Å². The third kappa shape index (κ3) is 4.51. The Kier molecular flexibility index (Phi) is 9.16. The van der Waals surface area contributed by atoms with Crippen molar-refractivity contribution in [2.45, 2.75) is 77.4 Å². The molecule has 0 aromatic rings. The molecule has 0 saturated heterocycles. The molecule has 0 aliphatic rings. The first kappa shape index (κ1) is 39.2. The minimum absolute atomic E-state index is 2.88. The molecule has 0 bridgehead atoms. The van der Waals surface area contributed by atoms with Gasteiger partial charge < -0.3 is 10.2 Å². The fraction of sp³-hybridized carbons (Fsp3) is 1.00. The maximum Gasteiger partial charge on any atom is 0.460 e. The standard InChI is InChI=1S/C14H5F25O2/c15-3(16,2(41)1-40)4(17,18)5(19,20)6(21,22)7(23,24)8(25,26)9(27,28)10(29,30)11(31,32)12(33,34)13(35,36)14(37,38)39/h2,40-41H,1H2. The molecule has 0 saturated carbocycles. The summed E-state index contributed by atoms with van der Waals surface area (Å²) in [6, 6.07) is 0. The van der Waals surface area contributed by atoms with Gasteiger partial charge in [-0.2, -0.15) is 110 Å². The van der Waals surface area contributed by atoms with E-state index in [0.717, 1.165) is 0 Å². The Labute approximate surface area is 205 Å². The molecule has 0 aliphatic carbocycles. The minimum Gasteiger partial charge on any atom is -0.393 e. The van der Waals surface area contributed by atoms with E-state index in [-0.39, 0.29) is 0 Å². The van der Waals surface area contributed by atoms with Crippen LogP contribution >= 0.6 is 0 Å². The van der Waals surface area contributed by atoms with Gasteiger partial charge in [0.2, 0.25) is 0 Å². The second-order valence-corrected chi connectivity index (χ2v) is 7.56. The number of aliphatic hydroxyl groups is 2. The molecule has 0 amide bonds. The number of rotatable bonds is 12. The molecular weight excluding hydrogens is 675 g/mol. The molecular formula is C14H5F25O2. The van der Waals surface area contributed by atoms with E-state index in [1.807, 2.05) is 0 Å². The van der Waals surface area contributed by atoms with Crippen molar-refractivity contribution in [3.63, 3.8) is 0 Å². The quantitative estimate of drug-likeness (QED) is 0.221. The fourth-order valence-electron chi connectivity index (χ4n) is 2.29. The topological polar surface area (TPSA) is 40.5 Å². The van der Waals surface area contributed by atoms with Crippen molar-refractivity contribution in [2.75, 3.05) is 6.61 Å². The van der Waals surface area contributed by atoms with Crippen LogP contribution in [0.5, 0.6) is 0 Å².